The van der Waals surface area contributed by atoms with Crippen LogP contribution >= 0.6 is 34.0 Å². The van der Waals surface area contributed by atoms with Crippen LogP contribution in [0.3, 0.4) is 0 Å². The summed E-state index contributed by atoms with van der Waals surface area (Å²) in [7, 11) is 1.35. The molecule has 0 fully saturated rings. The molecule has 0 aromatic carbocycles. The molecule has 0 aliphatic heterocycles. The van der Waals surface area contributed by atoms with Gasteiger partial charge in [0, 0.05) is 15.1 Å². The van der Waals surface area contributed by atoms with Crippen LogP contribution < -0.4 is 10.6 Å². The highest BCUT2D eigenvalue weighted by Gasteiger charge is 2.27. The van der Waals surface area contributed by atoms with Gasteiger partial charge in [-0.1, -0.05) is 6.07 Å². The van der Waals surface area contributed by atoms with E-state index >= 15 is 0 Å². The standard InChI is InChI=1S/C21H21N3O4S3/c1-28-20(27)18-14-6-2-3-7-15(14)31-19(18)23-16(25)9-12-11-30-21(22-12)24-17(26)10-13-5-4-8-29-13/h4-5,8,11H,2-3,6-7,9-10H2,1H3,(H,23,25)(H,22,24,26). The van der Waals surface area contributed by atoms with E-state index in [0.29, 0.717) is 27.8 Å². The molecule has 1 aliphatic rings. The number of amides is 2. The predicted octanol–water partition coefficient (Wildman–Crippen LogP) is 4.29. The summed E-state index contributed by atoms with van der Waals surface area (Å²) < 4.78 is 4.95. The van der Waals surface area contributed by atoms with E-state index in [1.165, 1.54) is 41.1 Å². The van der Waals surface area contributed by atoms with Crippen molar-refractivity contribution in [3.05, 3.63) is 49.5 Å². The molecule has 2 amide bonds. The van der Waals surface area contributed by atoms with Gasteiger partial charge in [0.2, 0.25) is 11.8 Å². The molecule has 2 N–H and O–H groups in total. The number of rotatable bonds is 7. The van der Waals surface area contributed by atoms with Crippen molar-refractivity contribution in [3.63, 3.8) is 0 Å². The Hall–Kier alpha value is -2.56. The third-order valence-electron chi connectivity index (χ3n) is 4.87. The molecule has 0 saturated carbocycles. The Bertz CT molecular complexity index is 1100. The lowest BCUT2D eigenvalue weighted by molar-refractivity contribution is -0.116. The van der Waals surface area contributed by atoms with Gasteiger partial charge in [0.05, 0.1) is 31.2 Å². The average molecular weight is 476 g/mol. The number of nitrogens with one attached hydrogen (secondary N) is 2. The number of nitrogens with zero attached hydrogens (tertiary/aromatic N) is 1. The van der Waals surface area contributed by atoms with Crippen LogP contribution in [-0.4, -0.2) is 29.9 Å². The second-order valence-electron chi connectivity index (χ2n) is 7.08. The molecule has 7 nitrogen and oxygen atoms in total. The molecule has 4 rings (SSSR count). The van der Waals surface area contributed by atoms with Crippen molar-refractivity contribution in [1.82, 2.24) is 4.98 Å². The summed E-state index contributed by atoms with van der Waals surface area (Å²) in [5.74, 6) is -0.815. The first-order chi connectivity index (χ1) is 15.0. The normalized spacial score (nSPS) is 12.8. The first-order valence-corrected chi connectivity index (χ1v) is 12.4. The first-order valence-electron chi connectivity index (χ1n) is 9.83. The quantitative estimate of drug-likeness (QED) is 0.497. The van der Waals surface area contributed by atoms with Crippen LogP contribution in [0.2, 0.25) is 0 Å². The van der Waals surface area contributed by atoms with Crippen LogP contribution in [0.15, 0.2) is 22.9 Å². The Balaban J connectivity index is 1.39. The molecule has 162 valence electrons. The molecule has 0 unspecified atom stereocenters. The lowest BCUT2D eigenvalue weighted by atomic mass is 9.95. The summed E-state index contributed by atoms with van der Waals surface area (Å²) in [6, 6.07) is 3.82. The minimum Gasteiger partial charge on any atom is -0.465 e. The van der Waals surface area contributed by atoms with Crippen LogP contribution in [0.1, 0.15) is 44.2 Å². The third-order valence-corrected chi connectivity index (χ3v) is 7.76. The molecule has 3 heterocycles. The maximum Gasteiger partial charge on any atom is 0.341 e. The Morgan fingerprint density at radius 1 is 1.10 bits per heavy atom. The van der Waals surface area contributed by atoms with Crippen molar-refractivity contribution in [2.24, 2.45) is 0 Å². The molecule has 0 atom stereocenters. The summed E-state index contributed by atoms with van der Waals surface area (Å²) >= 11 is 4.26. The van der Waals surface area contributed by atoms with Gasteiger partial charge in [-0.05, 0) is 42.7 Å². The van der Waals surface area contributed by atoms with Gasteiger partial charge >= 0.3 is 5.97 Å². The van der Waals surface area contributed by atoms with Gasteiger partial charge in [0.25, 0.3) is 0 Å². The Morgan fingerprint density at radius 3 is 2.68 bits per heavy atom. The number of ether oxygens (including phenoxy) is 1. The number of carbonyl (C=O) groups excluding carboxylic acids is 3. The number of fused-ring (bicyclic) bond motifs is 1. The number of esters is 1. The summed E-state index contributed by atoms with van der Waals surface area (Å²) in [5.41, 5.74) is 2.05. The fraction of sp³-hybridized carbons (Fsp3) is 0.333. The third kappa shape index (κ3) is 5.20. The molecule has 1 aliphatic carbocycles. The summed E-state index contributed by atoms with van der Waals surface area (Å²) in [6.45, 7) is 0. The molecule has 0 bridgehead atoms. The van der Waals surface area contributed by atoms with Gasteiger partial charge in [-0.25, -0.2) is 9.78 Å². The number of anilines is 2. The van der Waals surface area contributed by atoms with Gasteiger partial charge in [0.15, 0.2) is 5.13 Å². The molecule has 3 aromatic heterocycles. The SMILES string of the molecule is COC(=O)c1c(NC(=O)Cc2csc(NC(=O)Cc3cccs3)n2)sc2c1CCCC2. The largest absolute Gasteiger partial charge is 0.465 e. The molecule has 0 radical (unpaired) electrons. The second kappa shape index (κ2) is 9.71. The van der Waals surface area contributed by atoms with Gasteiger partial charge in [0.1, 0.15) is 5.00 Å². The fourth-order valence-corrected chi connectivity index (χ4v) is 6.21. The van der Waals surface area contributed by atoms with Crippen molar-refractivity contribution < 1.29 is 19.1 Å². The zero-order valence-electron chi connectivity index (χ0n) is 16.9. The molecule has 0 saturated heterocycles. The minimum atomic E-state index is -0.418. The zero-order valence-corrected chi connectivity index (χ0v) is 19.3. The summed E-state index contributed by atoms with van der Waals surface area (Å²) in [5, 5.41) is 10.3. The predicted molar refractivity (Wildman–Crippen MR) is 123 cm³/mol. The molecular formula is C21H21N3O4S3. The van der Waals surface area contributed by atoms with Gasteiger partial charge in [-0.2, -0.15) is 0 Å². The van der Waals surface area contributed by atoms with E-state index in [1.54, 1.807) is 5.38 Å². The van der Waals surface area contributed by atoms with E-state index in [9.17, 15) is 14.4 Å². The minimum absolute atomic E-state index is 0.0560. The second-order valence-corrected chi connectivity index (χ2v) is 10.1. The number of carbonyl (C=O) groups is 3. The van der Waals surface area contributed by atoms with Crippen molar-refractivity contribution in [2.75, 3.05) is 17.7 Å². The molecular weight excluding hydrogens is 454 g/mol. The van der Waals surface area contributed by atoms with E-state index in [0.717, 1.165) is 41.0 Å². The lowest BCUT2D eigenvalue weighted by Gasteiger charge is -2.11. The number of aryl methyl sites for hydroxylation is 1. The number of methoxy groups -OCH3 is 1. The average Bonchev–Trinajstić information content (AvgIpc) is 3.48. The molecule has 10 heteroatoms. The van der Waals surface area contributed by atoms with Gasteiger partial charge in [-0.15, -0.1) is 34.0 Å². The number of hydrogen-bond acceptors (Lipinski definition) is 8. The van der Waals surface area contributed by atoms with E-state index in [2.05, 4.69) is 15.6 Å². The van der Waals surface area contributed by atoms with E-state index in [1.807, 2.05) is 17.5 Å². The Kier molecular flexibility index (Phi) is 6.79. The van der Waals surface area contributed by atoms with Crippen molar-refractivity contribution in [3.8, 4) is 0 Å². The first kappa shape index (κ1) is 21.7. The van der Waals surface area contributed by atoms with Gasteiger partial charge < -0.3 is 15.4 Å². The highest BCUT2D eigenvalue weighted by atomic mass is 32.1. The van der Waals surface area contributed by atoms with Crippen molar-refractivity contribution in [2.45, 2.75) is 38.5 Å². The summed E-state index contributed by atoms with van der Waals surface area (Å²) in [4.78, 5) is 43.5. The molecule has 3 aromatic rings. The fourth-order valence-electron chi connectivity index (χ4n) is 3.49. The maximum absolute atomic E-state index is 12.6. The number of thiazole rings is 1. The Morgan fingerprint density at radius 2 is 1.90 bits per heavy atom. The van der Waals surface area contributed by atoms with Crippen LogP contribution in [-0.2, 0) is 40.0 Å². The highest BCUT2D eigenvalue weighted by Crippen LogP contribution is 2.38. The topological polar surface area (TPSA) is 97.4 Å². The van der Waals surface area contributed by atoms with Crippen LogP contribution in [0.4, 0.5) is 10.1 Å². The zero-order chi connectivity index (χ0) is 21.8. The van der Waals surface area contributed by atoms with Crippen LogP contribution in [0.5, 0.6) is 0 Å². The van der Waals surface area contributed by atoms with E-state index < -0.39 is 5.97 Å². The monoisotopic (exact) mass is 475 g/mol. The van der Waals surface area contributed by atoms with Gasteiger partial charge in [-0.3, -0.25) is 9.59 Å². The number of aromatic nitrogens is 1. The van der Waals surface area contributed by atoms with E-state index in [4.69, 9.17) is 4.74 Å². The summed E-state index contributed by atoms with van der Waals surface area (Å²) in [6.07, 6.45) is 4.21. The molecule has 31 heavy (non-hydrogen) atoms. The van der Waals surface area contributed by atoms with E-state index in [-0.39, 0.29) is 18.2 Å². The molecule has 0 spiro atoms. The van der Waals surface area contributed by atoms with Crippen LogP contribution in [0.25, 0.3) is 0 Å². The van der Waals surface area contributed by atoms with Crippen molar-refractivity contribution >= 4 is 61.9 Å². The maximum atomic E-state index is 12.6. The highest BCUT2D eigenvalue weighted by molar-refractivity contribution is 7.17. The number of thiophene rings is 2. The lowest BCUT2D eigenvalue weighted by Crippen LogP contribution is -2.17. The number of hydrogen-bond donors (Lipinski definition) is 2. The Labute approximate surface area is 191 Å². The van der Waals surface area contributed by atoms with Crippen molar-refractivity contribution in [1.29, 1.82) is 0 Å². The smallest absolute Gasteiger partial charge is 0.341 e. The van der Waals surface area contributed by atoms with Crippen LogP contribution in [0, 0.1) is 0 Å².